The van der Waals surface area contributed by atoms with Crippen LogP contribution in [0.3, 0.4) is 0 Å². The lowest BCUT2D eigenvalue weighted by Gasteiger charge is -2.28. The van der Waals surface area contributed by atoms with E-state index in [9.17, 15) is 26.8 Å². The largest absolute Gasteiger partial charge is 0.494 e. The van der Waals surface area contributed by atoms with Crippen molar-refractivity contribution in [2.75, 3.05) is 20.0 Å². The van der Waals surface area contributed by atoms with Gasteiger partial charge in [-0.25, -0.2) is 27.5 Å². The molecule has 0 radical (unpaired) electrons. The van der Waals surface area contributed by atoms with Crippen molar-refractivity contribution in [2.45, 2.75) is 50.2 Å². The van der Waals surface area contributed by atoms with E-state index in [2.05, 4.69) is 5.48 Å². The second-order valence-corrected chi connectivity index (χ2v) is 11.0. The normalized spacial score (nSPS) is 18.0. The van der Waals surface area contributed by atoms with Crippen LogP contribution in [0.15, 0.2) is 35.3 Å². The number of carbonyl (C=O) groups excluding carboxylic acids is 1. The third-order valence-corrected chi connectivity index (χ3v) is 8.09. The SMILES string of the molecule is COc1ccc(-c2cc(F)cn(CC[C@](C)(C(=O)NOC3CCCCO3)S(C)(=O)=O)c2=O)cc1F. The number of sulfone groups is 1. The summed E-state index contributed by atoms with van der Waals surface area (Å²) in [5, 5.41) is 0. The Morgan fingerprint density at radius 2 is 2.03 bits per heavy atom. The van der Waals surface area contributed by atoms with E-state index in [-0.39, 0.29) is 29.8 Å². The van der Waals surface area contributed by atoms with Gasteiger partial charge in [0.15, 0.2) is 32.4 Å². The number of benzene rings is 1. The third kappa shape index (κ3) is 6.06. The number of halogens is 2. The van der Waals surface area contributed by atoms with Gasteiger partial charge in [-0.05, 0) is 49.9 Å². The van der Waals surface area contributed by atoms with Gasteiger partial charge in [0.2, 0.25) is 0 Å². The summed E-state index contributed by atoms with van der Waals surface area (Å²) in [5.41, 5.74) is 1.46. The van der Waals surface area contributed by atoms with Crippen LogP contribution in [0.1, 0.15) is 32.6 Å². The Morgan fingerprint density at radius 1 is 1.29 bits per heavy atom. The lowest BCUT2D eigenvalue weighted by atomic mass is 10.0. The molecule has 1 amide bonds. The number of carbonyl (C=O) groups is 1. The average molecular weight is 515 g/mol. The van der Waals surface area contributed by atoms with Crippen LogP contribution in [0, 0.1) is 11.6 Å². The van der Waals surface area contributed by atoms with E-state index in [1.807, 2.05) is 0 Å². The molecule has 0 spiro atoms. The molecule has 1 aliphatic heterocycles. The summed E-state index contributed by atoms with van der Waals surface area (Å²) in [7, 11) is -2.70. The molecule has 1 saturated heterocycles. The number of aryl methyl sites for hydroxylation is 1. The molecule has 1 aliphatic rings. The molecule has 192 valence electrons. The van der Waals surface area contributed by atoms with Gasteiger partial charge in [0.25, 0.3) is 11.5 Å². The second-order valence-electron chi connectivity index (χ2n) is 8.52. The van der Waals surface area contributed by atoms with Gasteiger partial charge in [-0.2, -0.15) is 0 Å². The molecule has 1 N–H and O–H groups in total. The molecule has 0 saturated carbocycles. The van der Waals surface area contributed by atoms with Gasteiger partial charge >= 0.3 is 0 Å². The van der Waals surface area contributed by atoms with Crippen molar-refractivity contribution >= 4 is 15.7 Å². The number of aromatic nitrogens is 1. The maximum atomic E-state index is 14.4. The molecular weight excluding hydrogens is 486 g/mol. The first kappa shape index (κ1) is 26.8. The number of pyridine rings is 1. The molecule has 2 heterocycles. The summed E-state index contributed by atoms with van der Waals surface area (Å²) in [6.07, 6.45) is 3.00. The van der Waals surface area contributed by atoms with Crippen LogP contribution in [0.2, 0.25) is 0 Å². The van der Waals surface area contributed by atoms with Crippen molar-refractivity contribution in [3.05, 3.63) is 52.5 Å². The molecule has 0 aliphatic carbocycles. The summed E-state index contributed by atoms with van der Waals surface area (Å²) in [5.74, 6) is -2.50. The van der Waals surface area contributed by atoms with Crippen LogP contribution >= 0.6 is 0 Å². The second kappa shape index (κ2) is 10.8. The first-order valence-corrected chi connectivity index (χ1v) is 12.9. The number of hydrogen-bond donors (Lipinski definition) is 1. The fourth-order valence-electron chi connectivity index (χ4n) is 3.64. The van der Waals surface area contributed by atoms with Crippen LogP contribution in [0.4, 0.5) is 8.78 Å². The summed E-state index contributed by atoms with van der Waals surface area (Å²) in [6, 6.07) is 4.71. The number of nitrogens with zero attached hydrogens (tertiary/aromatic N) is 1. The van der Waals surface area contributed by atoms with E-state index >= 15 is 0 Å². The Labute approximate surface area is 201 Å². The lowest BCUT2D eigenvalue weighted by molar-refractivity contribution is -0.201. The van der Waals surface area contributed by atoms with E-state index in [1.165, 1.54) is 26.2 Å². The molecular formula is C23H28F2N2O7S. The Kier molecular flexibility index (Phi) is 8.29. The zero-order chi connectivity index (χ0) is 25.8. The molecule has 12 heteroatoms. The smallest absolute Gasteiger partial charge is 0.264 e. The Bertz CT molecular complexity index is 1240. The number of methoxy groups -OCH3 is 1. The average Bonchev–Trinajstić information content (AvgIpc) is 2.82. The van der Waals surface area contributed by atoms with Crippen molar-refractivity contribution < 1.29 is 36.3 Å². The zero-order valence-corrected chi connectivity index (χ0v) is 20.5. The fraction of sp³-hybridized carbons (Fsp3) is 0.478. The Balaban J connectivity index is 1.84. The molecule has 0 bridgehead atoms. The van der Waals surface area contributed by atoms with Crippen molar-refractivity contribution in [1.82, 2.24) is 10.0 Å². The van der Waals surface area contributed by atoms with Gasteiger partial charge < -0.3 is 14.0 Å². The van der Waals surface area contributed by atoms with Gasteiger partial charge in [0.05, 0.1) is 12.7 Å². The van der Waals surface area contributed by atoms with Crippen molar-refractivity contribution in [2.24, 2.45) is 0 Å². The number of amides is 1. The van der Waals surface area contributed by atoms with Crippen LogP contribution in [0.5, 0.6) is 5.75 Å². The first-order valence-electron chi connectivity index (χ1n) is 11.0. The van der Waals surface area contributed by atoms with Gasteiger partial charge in [-0.1, -0.05) is 6.07 Å². The van der Waals surface area contributed by atoms with Gasteiger partial charge in [0, 0.05) is 32.0 Å². The minimum absolute atomic E-state index is 0.0405. The number of nitrogens with one attached hydrogen (secondary N) is 1. The molecule has 1 fully saturated rings. The Morgan fingerprint density at radius 3 is 2.63 bits per heavy atom. The highest BCUT2D eigenvalue weighted by Crippen LogP contribution is 2.26. The van der Waals surface area contributed by atoms with Gasteiger partial charge in [0.1, 0.15) is 5.82 Å². The maximum absolute atomic E-state index is 14.4. The van der Waals surface area contributed by atoms with E-state index < -0.39 is 44.0 Å². The number of ether oxygens (including phenoxy) is 2. The van der Waals surface area contributed by atoms with E-state index in [4.69, 9.17) is 14.3 Å². The highest BCUT2D eigenvalue weighted by molar-refractivity contribution is 7.92. The van der Waals surface area contributed by atoms with E-state index in [1.54, 1.807) is 0 Å². The summed E-state index contributed by atoms with van der Waals surface area (Å²) in [4.78, 5) is 31.1. The zero-order valence-electron chi connectivity index (χ0n) is 19.7. The number of hydrogen-bond acceptors (Lipinski definition) is 7. The number of hydroxylamine groups is 1. The van der Waals surface area contributed by atoms with E-state index in [0.717, 1.165) is 42.0 Å². The van der Waals surface area contributed by atoms with Crippen molar-refractivity contribution in [1.29, 1.82) is 0 Å². The monoisotopic (exact) mass is 514 g/mol. The third-order valence-electron chi connectivity index (χ3n) is 6.06. The molecule has 3 rings (SSSR count). The lowest BCUT2D eigenvalue weighted by Crippen LogP contribution is -2.51. The topological polar surface area (TPSA) is 113 Å². The van der Waals surface area contributed by atoms with Crippen LogP contribution in [-0.2, 0) is 30.8 Å². The highest BCUT2D eigenvalue weighted by atomic mass is 32.2. The molecule has 2 atom stereocenters. The summed E-state index contributed by atoms with van der Waals surface area (Å²) >= 11 is 0. The number of rotatable bonds is 9. The fourth-order valence-corrected chi connectivity index (χ4v) is 4.48. The summed E-state index contributed by atoms with van der Waals surface area (Å²) < 4.78 is 62.8. The first-order chi connectivity index (χ1) is 16.5. The molecule has 1 aromatic heterocycles. The van der Waals surface area contributed by atoms with Crippen molar-refractivity contribution in [3.63, 3.8) is 0 Å². The van der Waals surface area contributed by atoms with Crippen molar-refractivity contribution in [3.8, 4) is 16.9 Å². The van der Waals surface area contributed by atoms with E-state index in [0.29, 0.717) is 13.0 Å². The molecule has 1 unspecified atom stereocenters. The minimum atomic E-state index is -3.99. The summed E-state index contributed by atoms with van der Waals surface area (Å²) in [6.45, 7) is 1.36. The van der Waals surface area contributed by atoms with Crippen LogP contribution in [-0.4, -0.2) is 49.9 Å². The quantitative estimate of drug-likeness (QED) is 0.512. The molecule has 2 aromatic rings. The minimum Gasteiger partial charge on any atom is -0.494 e. The maximum Gasteiger partial charge on any atom is 0.264 e. The van der Waals surface area contributed by atoms with Gasteiger partial charge in [-0.15, -0.1) is 0 Å². The molecule has 35 heavy (non-hydrogen) atoms. The highest BCUT2D eigenvalue weighted by Gasteiger charge is 2.44. The predicted octanol–water partition coefficient (Wildman–Crippen LogP) is 2.57. The predicted molar refractivity (Wildman–Crippen MR) is 123 cm³/mol. The van der Waals surface area contributed by atoms with Crippen LogP contribution < -0.4 is 15.8 Å². The van der Waals surface area contributed by atoms with Crippen LogP contribution in [0.25, 0.3) is 11.1 Å². The van der Waals surface area contributed by atoms with Gasteiger partial charge in [-0.3, -0.25) is 9.59 Å². The molecule has 1 aromatic carbocycles. The molecule has 9 nitrogen and oxygen atoms in total. The standard InChI is InChI=1S/C23H28F2N2O7S/c1-23(35(3,30)31,22(29)26-34-20-6-4-5-11-33-20)9-10-27-14-16(24)13-17(21(27)28)15-7-8-19(32-2)18(25)12-15/h7-8,12-14,20H,4-6,9-11H2,1-3H3,(H,26,29)/t20?,23-/m1/s1. The Hall–Kier alpha value is -2.83.